The minimum Gasteiger partial charge on any atom is -0.271 e. The third-order valence-corrected chi connectivity index (χ3v) is 3.73. The molecule has 1 unspecified atom stereocenters. The van der Waals surface area contributed by atoms with Crippen LogP contribution in [0.25, 0.3) is 0 Å². The smallest absolute Gasteiger partial charge is 0.0500 e. The summed E-state index contributed by atoms with van der Waals surface area (Å²) in [6, 6.07) is 14.6. The van der Waals surface area contributed by atoms with Crippen molar-refractivity contribution in [3.63, 3.8) is 0 Å². The Morgan fingerprint density at radius 1 is 1.16 bits per heavy atom. The van der Waals surface area contributed by atoms with Crippen molar-refractivity contribution in [1.82, 2.24) is 5.43 Å². The van der Waals surface area contributed by atoms with E-state index in [4.69, 9.17) is 17.4 Å². The molecule has 2 rings (SSSR count). The number of benzene rings is 2. The largest absolute Gasteiger partial charge is 0.271 e. The van der Waals surface area contributed by atoms with Gasteiger partial charge in [0.15, 0.2) is 0 Å². The van der Waals surface area contributed by atoms with Gasteiger partial charge in [0.2, 0.25) is 0 Å². The number of hydrogen-bond donors (Lipinski definition) is 2. The van der Waals surface area contributed by atoms with Crippen LogP contribution in [0.3, 0.4) is 0 Å². The third kappa shape index (κ3) is 3.57. The Balaban J connectivity index is 2.22. The summed E-state index contributed by atoms with van der Waals surface area (Å²) < 4.78 is 0. The van der Waals surface area contributed by atoms with E-state index in [9.17, 15) is 0 Å². The highest BCUT2D eigenvalue weighted by Crippen LogP contribution is 2.23. The first-order chi connectivity index (χ1) is 9.10. The van der Waals surface area contributed by atoms with Crippen molar-refractivity contribution in [3.8, 4) is 0 Å². The molecule has 100 valence electrons. The summed E-state index contributed by atoms with van der Waals surface area (Å²) in [5.41, 5.74) is 7.59. The summed E-state index contributed by atoms with van der Waals surface area (Å²) >= 11 is 6.17. The molecule has 0 saturated carbocycles. The summed E-state index contributed by atoms with van der Waals surface area (Å²) in [7, 11) is 0. The Morgan fingerprint density at radius 3 is 2.58 bits per heavy atom. The monoisotopic (exact) mass is 274 g/mol. The molecule has 0 aliphatic rings. The van der Waals surface area contributed by atoms with Crippen LogP contribution in [0.4, 0.5) is 0 Å². The predicted molar refractivity (Wildman–Crippen MR) is 81.1 cm³/mol. The minimum atomic E-state index is 0.0694. The maximum Gasteiger partial charge on any atom is 0.0500 e. The first kappa shape index (κ1) is 14.1. The van der Waals surface area contributed by atoms with Gasteiger partial charge in [-0.1, -0.05) is 53.6 Å². The second-order valence-electron chi connectivity index (χ2n) is 4.92. The quantitative estimate of drug-likeness (QED) is 0.659. The zero-order valence-electron chi connectivity index (χ0n) is 11.3. The van der Waals surface area contributed by atoms with E-state index in [2.05, 4.69) is 42.7 Å². The highest BCUT2D eigenvalue weighted by molar-refractivity contribution is 6.31. The van der Waals surface area contributed by atoms with Gasteiger partial charge in [-0.3, -0.25) is 11.3 Å². The Labute approximate surface area is 119 Å². The zero-order valence-corrected chi connectivity index (χ0v) is 12.0. The van der Waals surface area contributed by atoms with Crippen molar-refractivity contribution >= 4 is 11.6 Å². The number of hydrazine groups is 1. The van der Waals surface area contributed by atoms with Crippen molar-refractivity contribution in [2.24, 2.45) is 5.84 Å². The molecular formula is C16H19ClN2. The fraction of sp³-hybridized carbons (Fsp3) is 0.250. The van der Waals surface area contributed by atoms with Crippen molar-refractivity contribution < 1.29 is 0 Å². The standard InChI is InChI=1S/C16H19ClN2/c1-11-4-3-5-13(8-11)9-16(19-18)14-7-6-12(2)15(17)10-14/h3-8,10,16,19H,9,18H2,1-2H3. The van der Waals surface area contributed by atoms with Gasteiger partial charge >= 0.3 is 0 Å². The maximum atomic E-state index is 6.17. The molecule has 0 spiro atoms. The molecule has 0 radical (unpaired) electrons. The maximum absolute atomic E-state index is 6.17. The van der Waals surface area contributed by atoms with Crippen LogP contribution < -0.4 is 11.3 Å². The van der Waals surface area contributed by atoms with Crippen LogP contribution in [-0.2, 0) is 6.42 Å². The molecule has 0 bridgehead atoms. The fourth-order valence-corrected chi connectivity index (χ4v) is 2.36. The Bertz CT molecular complexity index is 566. The lowest BCUT2D eigenvalue weighted by molar-refractivity contribution is 0.552. The van der Waals surface area contributed by atoms with E-state index in [0.717, 1.165) is 22.6 Å². The SMILES string of the molecule is Cc1cccc(CC(NN)c2ccc(C)c(Cl)c2)c1. The fourth-order valence-electron chi connectivity index (χ4n) is 2.17. The molecule has 3 N–H and O–H groups in total. The predicted octanol–water partition coefficient (Wildman–Crippen LogP) is 3.70. The van der Waals surface area contributed by atoms with Crippen LogP contribution in [0.1, 0.15) is 28.3 Å². The van der Waals surface area contributed by atoms with E-state index in [1.165, 1.54) is 11.1 Å². The molecule has 2 aromatic rings. The third-order valence-electron chi connectivity index (χ3n) is 3.32. The van der Waals surface area contributed by atoms with Gasteiger partial charge in [0.1, 0.15) is 0 Å². The van der Waals surface area contributed by atoms with Crippen LogP contribution in [0.2, 0.25) is 5.02 Å². The molecule has 0 aliphatic heterocycles. The summed E-state index contributed by atoms with van der Waals surface area (Å²) in [6.45, 7) is 4.09. The Kier molecular flexibility index (Phi) is 4.59. The number of nitrogens with one attached hydrogen (secondary N) is 1. The molecule has 0 saturated heterocycles. The summed E-state index contributed by atoms with van der Waals surface area (Å²) in [5.74, 6) is 5.69. The van der Waals surface area contributed by atoms with Crippen LogP contribution >= 0.6 is 11.6 Å². The topological polar surface area (TPSA) is 38.0 Å². The number of hydrogen-bond acceptors (Lipinski definition) is 2. The Hall–Kier alpha value is -1.35. The molecule has 0 aromatic heterocycles. The van der Waals surface area contributed by atoms with Gasteiger partial charge < -0.3 is 0 Å². The molecule has 0 aliphatic carbocycles. The lowest BCUT2D eigenvalue weighted by atomic mass is 9.98. The highest BCUT2D eigenvalue weighted by Gasteiger charge is 2.11. The van der Waals surface area contributed by atoms with Crippen molar-refractivity contribution in [2.75, 3.05) is 0 Å². The number of aryl methyl sites for hydroxylation is 2. The van der Waals surface area contributed by atoms with Crippen molar-refractivity contribution in [3.05, 3.63) is 69.7 Å². The van der Waals surface area contributed by atoms with E-state index in [0.29, 0.717) is 0 Å². The molecule has 3 heteroatoms. The lowest BCUT2D eigenvalue weighted by Gasteiger charge is -2.17. The van der Waals surface area contributed by atoms with Crippen molar-refractivity contribution in [2.45, 2.75) is 26.3 Å². The summed E-state index contributed by atoms with van der Waals surface area (Å²) in [4.78, 5) is 0. The number of nitrogens with two attached hydrogens (primary N) is 1. The van der Waals surface area contributed by atoms with Gasteiger partial charge in [-0.25, -0.2) is 0 Å². The first-order valence-electron chi connectivity index (χ1n) is 6.38. The second kappa shape index (κ2) is 6.20. The molecule has 2 aromatic carbocycles. The molecule has 0 fully saturated rings. The van der Waals surface area contributed by atoms with E-state index in [1.807, 2.05) is 19.1 Å². The highest BCUT2D eigenvalue weighted by atomic mass is 35.5. The summed E-state index contributed by atoms with van der Waals surface area (Å²) in [5, 5.41) is 0.780. The van der Waals surface area contributed by atoms with E-state index >= 15 is 0 Å². The van der Waals surface area contributed by atoms with Gasteiger partial charge in [0, 0.05) is 5.02 Å². The first-order valence-corrected chi connectivity index (χ1v) is 6.75. The van der Waals surface area contributed by atoms with Crippen LogP contribution in [-0.4, -0.2) is 0 Å². The molecule has 2 nitrogen and oxygen atoms in total. The lowest BCUT2D eigenvalue weighted by Crippen LogP contribution is -2.29. The van der Waals surface area contributed by atoms with Gasteiger partial charge in [-0.2, -0.15) is 0 Å². The minimum absolute atomic E-state index is 0.0694. The number of halogens is 1. The molecule has 0 heterocycles. The van der Waals surface area contributed by atoms with E-state index in [-0.39, 0.29) is 6.04 Å². The molecule has 1 atom stereocenters. The molecule has 0 amide bonds. The number of rotatable bonds is 4. The van der Waals surface area contributed by atoms with Gasteiger partial charge in [0.05, 0.1) is 6.04 Å². The second-order valence-corrected chi connectivity index (χ2v) is 5.33. The molecule has 19 heavy (non-hydrogen) atoms. The van der Waals surface area contributed by atoms with Crippen LogP contribution in [0, 0.1) is 13.8 Å². The average molecular weight is 275 g/mol. The van der Waals surface area contributed by atoms with Crippen LogP contribution in [0.15, 0.2) is 42.5 Å². The average Bonchev–Trinajstić information content (AvgIpc) is 2.39. The van der Waals surface area contributed by atoms with Crippen LogP contribution in [0.5, 0.6) is 0 Å². The Morgan fingerprint density at radius 2 is 1.95 bits per heavy atom. The van der Waals surface area contributed by atoms with Gasteiger partial charge in [-0.15, -0.1) is 0 Å². The zero-order chi connectivity index (χ0) is 13.8. The summed E-state index contributed by atoms with van der Waals surface area (Å²) in [6.07, 6.45) is 0.845. The van der Waals surface area contributed by atoms with Gasteiger partial charge in [0.25, 0.3) is 0 Å². The normalized spacial score (nSPS) is 12.4. The van der Waals surface area contributed by atoms with Gasteiger partial charge in [-0.05, 0) is 43.0 Å². The molecular weight excluding hydrogens is 256 g/mol. The van der Waals surface area contributed by atoms with Crippen molar-refractivity contribution in [1.29, 1.82) is 0 Å². The van der Waals surface area contributed by atoms with E-state index in [1.54, 1.807) is 0 Å². The van der Waals surface area contributed by atoms with E-state index < -0.39 is 0 Å².